The smallest absolute Gasteiger partial charge is 0.144 e. The van der Waals surface area contributed by atoms with E-state index in [9.17, 15) is 0 Å². The molecule has 0 radical (unpaired) electrons. The highest BCUT2D eigenvalue weighted by Crippen LogP contribution is 2.08. The minimum absolute atomic E-state index is 0.327. The molecule has 9 heavy (non-hydrogen) atoms. The van der Waals surface area contributed by atoms with Crippen LogP contribution in [-0.2, 0) is 0 Å². The highest BCUT2D eigenvalue weighted by atomic mass is 32.1. The van der Waals surface area contributed by atoms with Crippen molar-refractivity contribution in [3.8, 4) is 5.75 Å². The van der Waals surface area contributed by atoms with Gasteiger partial charge >= 0.3 is 0 Å². The topological polar surface area (TPSA) is 20.2 Å². The van der Waals surface area contributed by atoms with Crippen molar-refractivity contribution >= 4 is 25.9 Å². The van der Waals surface area contributed by atoms with Crippen molar-refractivity contribution in [1.29, 1.82) is 0 Å². The summed E-state index contributed by atoms with van der Waals surface area (Å²) in [6.07, 6.45) is 0. The van der Waals surface area contributed by atoms with E-state index >= 15 is 0 Å². The highest BCUT2D eigenvalue weighted by Gasteiger charge is 1.92. The van der Waals surface area contributed by atoms with Gasteiger partial charge in [0, 0.05) is 4.90 Å². The largest absolute Gasteiger partial charge is 0.509 e. The van der Waals surface area contributed by atoms with Gasteiger partial charge in [0.15, 0.2) is 0 Å². The lowest BCUT2D eigenvalue weighted by Gasteiger charge is -1.96. The zero-order valence-electron chi connectivity index (χ0n) is 5.13. The molecule has 1 nitrogen and oxygen atoms in total. The third-order valence-electron chi connectivity index (χ3n) is 1.18. The lowest BCUT2D eigenvalue weighted by atomic mass is 9.95. The van der Waals surface area contributed by atoms with Crippen molar-refractivity contribution < 1.29 is 5.11 Å². The van der Waals surface area contributed by atoms with Crippen LogP contribution in [0.3, 0.4) is 0 Å². The molecule has 3 heteroatoms. The number of aromatic hydroxyl groups is 1. The normalized spacial score (nSPS) is 9.44. The zero-order chi connectivity index (χ0) is 6.85. The van der Waals surface area contributed by atoms with Crippen LogP contribution in [0.5, 0.6) is 5.75 Å². The van der Waals surface area contributed by atoms with Gasteiger partial charge in [-0.25, -0.2) is 0 Å². The quantitative estimate of drug-likeness (QED) is 0.380. The van der Waals surface area contributed by atoms with Crippen LogP contribution in [0, 0.1) is 0 Å². The molecule has 0 unspecified atom stereocenters. The van der Waals surface area contributed by atoms with E-state index in [-0.39, 0.29) is 0 Å². The Morgan fingerprint density at radius 3 is 2.56 bits per heavy atom. The first-order valence-corrected chi connectivity index (χ1v) is 3.13. The molecule has 1 rings (SSSR count). The van der Waals surface area contributed by atoms with E-state index in [1.807, 2.05) is 13.9 Å². The standard InChI is InChI=1S/C6H7BOS/c7-5-3-4(9)1-2-6(5)8/h1-3,8-9H,7H2. The van der Waals surface area contributed by atoms with Gasteiger partial charge in [0.05, 0.1) is 0 Å². The van der Waals surface area contributed by atoms with E-state index < -0.39 is 0 Å². The number of benzene rings is 1. The number of thiol groups is 1. The van der Waals surface area contributed by atoms with Crippen molar-refractivity contribution in [2.75, 3.05) is 0 Å². The molecule has 1 N–H and O–H groups in total. The molecule has 0 bridgehead atoms. The van der Waals surface area contributed by atoms with Crippen LogP contribution >= 0.6 is 12.6 Å². The van der Waals surface area contributed by atoms with E-state index in [0.717, 1.165) is 10.4 Å². The molecule has 0 aliphatic carbocycles. The Morgan fingerprint density at radius 1 is 1.44 bits per heavy atom. The van der Waals surface area contributed by atoms with E-state index in [2.05, 4.69) is 12.6 Å². The summed E-state index contributed by atoms with van der Waals surface area (Å²) in [6.45, 7) is 0. The molecule has 0 saturated carbocycles. The first-order valence-electron chi connectivity index (χ1n) is 2.69. The van der Waals surface area contributed by atoms with Crippen LogP contribution in [0.4, 0.5) is 0 Å². The summed E-state index contributed by atoms with van der Waals surface area (Å²) < 4.78 is 0. The molecule has 1 aromatic carbocycles. The summed E-state index contributed by atoms with van der Waals surface area (Å²) in [7, 11) is 1.84. The number of phenols is 1. The van der Waals surface area contributed by atoms with Gasteiger partial charge in [-0.1, -0.05) is 6.07 Å². The number of rotatable bonds is 0. The molecule has 0 spiro atoms. The average molecular weight is 138 g/mol. The highest BCUT2D eigenvalue weighted by molar-refractivity contribution is 7.80. The molecular formula is C6H7BOS. The molecule has 0 aromatic heterocycles. The maximum atomic E-state index is 9.01. The maximum absolute atomic E-state index is 9.01. The van der Waals surface area contributed by atoms with Crippen molar-refractivity contribution in [3.05, 3.63) is 18.2 Å². The monoisotopic (exact) mass is 138 g/mol. The number of phenolic OH excluding ortho intramolecular Hbond substituents is 1. The van der Waals surface area contributed by atoms with Crippen LogP contribution in [0.25, 0.3) is 0 Å². The van der Waals surface area contributed by atoms with Gasteiger partial charge < -0.3 is 5.11 Å². The van der Waals surface area contributed by atoms with Gasteiger partial charge in [-0.2, -0.15) is 0 Å². The predicted molar refractivity (Wildman–Crippen MR) is 43.5 cm³/mol. The summed E-state index contributed by atoms with van der Waals surface area (Å²) in [5.41, 5.74) is 0.863. The maximum Gasteiger partial charge on any atom is 0.144 e. The Hall–Kier alpha value is -0.565. The van der Waals surface area contributed by atoms with E-state index in [0.29, 0.717) is 5.75 Å². The van der Waals surface area contributed by atoms with Crippen molar-refractivity contribution in [1.82, 2.24) is 0 Å². The third kappa shape index (κ3) is 1.42. The fourth-order valence-corrected chi connectivity index (χ4v) is 0.908. The van der Waals surface area contributed by atoms with Crippen LogP contribution < -0.4 is 5.46 Å². The first-order chi connectivity index (χ1) is 4.20. The second-order valence-corrected chi connectivity index (χ2v) is 2.49. The third-order valence-corrected chi connectivity index (χ3v) is 1.46. The predicted octanol–water partition coefficient (Wildman–Crippen LogP) is -0.0607. The Kier molecular flexibility index (Phi) is 1.71. The Labute approximate surface area is 60.5 Å². The minimum Gasteiger partial charge on any atom is -0.509 e. The molecular weight excluding hydrogens is 131 g/mol. The lowest BCUT2D eigenvalue weighted by molar-refractivity contribution is 0.479. The summed E-state index contributed by atoms with van der Waals surface area (Å²) in [5, 5.41) is 9.01. The molecule has 0 aliphatic rings. The van der Waals surface area contributed by atoms with Gasteiger partial charge in [0.1, 0.15) is 13.6 Å². The molecule has 0 atom stereocenters. The molecule has 0 amide bonds. The molecule has 0 saturated heterocycles. The van der Waals surface area contributed by atoms with Gasteiger partial charge in [0.25, 0.3) is 0 Å². The zero-order valence-corrected chi connectivity index (χ0v) is 6.02. The first kappa shape index (κ1) is 6.55. The molecule has 1 aromatic rings. The summed E-state index contributed by atoms with van der Waals surface area (Å²) in [4.78, 5) is 0.880. The van der Waals surface area contributed by atoms with E-state index in [1.165, 1.54) is 0 Å². The van der Waals surface area contributed by atoms with Crippen molar-refractivity contribution in [2.24, 2.45) is 0 Å². The van der Waals surface area contributed by atoms with Gasteiger partial charge in [-0.15, -0.1) is 12.6 Å². The minimum atomic E-state index is 0.327. The van der Waals surface area contributed by atoms with Crippen molar-refractivity contribution in [3.63, 3.8) is 0 Å². The molecule has 0 aliphatic heterocycles. The second-order valence-electron chi connectivity index (χ2n) is 1.97. The molecule has 0 fully saturated rings. The fraction of sp³-hybridized carbons (Fsp3) is 0. The molecule has 46 valence electrons. The number of hydrogen-bond acceptors (Lipinski definition) is 2. The lowest BCUT2D eigenvalue weighted by Crippen LogP contribution is -2.01. The summed E-state index contributed by atoms with van der Waals surface area (Å²) >= 11 is 4.09. The SMILES string of the molecule is Bc1cc(S)ccc1O. The fourth-order valence-electron chi connectivity index (χ4n) is 0.640. The Bertz CT molecular complexity index is 224. The van der Waals surface area contributed by atoms with Crippen LogP contribution in [0.15, 0.2) is 23.1 Å². The van der Waals surface area contributed by atoms with Crippen LogP contribution in [-0.4, -0.2) is 13.0 Å². The van der Waals surface area contributed by atoms with E-state index in [1.54, 1.807) is 12.1 Å². The van der Waals surface area contributed by atoms with Crippen LogP contribution in [0.2, 0.25) is 0 Å². The van der Waals surface area contributed by atoms with Crippen molar-refractivity contribution in [2.45, 2.75) is 4.90 Å². The van der Waals surface area contributed by atoms with Gasteiger partial charge in [-0.05, 0) is 17.6 Å². The van der Waals surface area contributed by atoms with Gasteiger partial charge in [0.2, 0.25) is 0 Å². The van der Waals surface area contributed by atoms with Gasteiger partial charge in [-0.3, -0.25) is 0 Å². The van der Waals surface area contributed by atoms with Crippen LogP contribution in [0.1, 0.15) is 0 Å². The Morgan fingerprint density at radius 2 is 2.11 bits per heavy atom. The Balaban J connectivity index is 3.17. The van der Waals surface area contributed by atoms with E-state index in [4.69, 9.17) is 5.11 Å². The summed E-state index contributed by atoms with van der Waals surface area (Å²) in [6, 6.07) is 5.21. The number of hydrogen-bond donors (Lipinski definition) is 2. The average Bonchev–Trinajstić information content (AvgIpc) is 1.80. The molecule has 0 heterocycles. The summed E-state index contributed by atoms with van der Waals surface area (Å²) in [5.74, 6) is 0.327. The second kappa shape index (κ2) is 2.35.